The first-order valence-corrected chi connectivity index (χ1v) is 5.17. The average molecular weight is 213 g/mol. The van der Waals surface area contributed by atoms with Crippen LogP contribution >= 0.6 is 0 Å². The van der Waals surface area contributed by atoms with Crippen LogP contribution in [0.5, 0.6) is 0 Å². The van der Waals surface area contributed by atoms with Gasteiger partial charge in [-0.1, -0.05) is 19.9 Å². The first-order valence-electron chi connectivity index (χ1n) is 5.17. The van der Waals surface area contributed by atoms with Crippen LogP contribution in [-0.2, 0) is 0 Å². The summed E-state index contributed by atoms with van der Waals surface area (Å²) >= 11 is 0. The lowest BCUT2D eigenvalue weighted by Crippen LogP contribution is -2.20. The Kier molecular flexibility index (Phi) is 4.21. The highest BCUT2D eigenvalue weighted by molar-refractivity contribution is 5.23. The third kappa shape index (κ3) is 2.99. The SMILES string of the molecule is CNC(CC(C)C)c1c(F)cccc1F. The maximum atomic E-state index is 13.5. The van der Waals surface area contributed by atoms with E-state index in [1.807, 2.05) is 13.8 Å². The third-order valence-electron chi connectivity index (χ3n) is 2.40. The van der Waals surface area contributed by atoms with Gasteiger partial charge in [0.25, 0.3) is 0 Å². The van der Waals surface area contributed by atoms with E-state index >= 15 is 0 Å². The highest BCUT2D eigenvalue weighted by Gasteiger charge is 2.19. The summed E-state index contributed by atoms with van der Waals surface area (Å²) in [5.41, 5.74) is 0.147. The van der Waals surface area contributed by atoms with Crippen molar-refractivity contribution in [2.45, 2.75) is 26.3 Å². The van der Waals surface area contributed by atoms with Gasteiger partial charge in [-0.15, -0.1) is 0 Å². The topological polar surface area (TPSA) is 12.0 Å². The lowest BCUT2D eigenvalue weighted by molar-refractivity contribution is 0.421. The fourth-order valence-corrected chi connectivity index (χ4v) is 1.70. The van der Waals surface area contributed by atoms with Gasteiger partial charge in [-0.05, 0) is 31.5 Å². The first-order chi connectivity index (χ1) is 7.06. The Hall–Kier alpha value is -0.960. The molecular weight excluding hydrogens is 196 g/mol. The minimum absolute atomic E-state index is 0.147. The van der Waals surface area contributed by atoms with Gasteiger partial charge in [-0.2, -0.15) is 0 Å². The standard InChI is InChI=1S/C12H17F2N/c1-8(2)7-11(15-3)12-9(13)5-4-6-10(12)14/h4-6,8,11,15H,7H2,1-3H3. The van der Waals surface area contributed by atoms with Gasteiger partial charge in [0.2, 0.25) is 0 Å². The molecule has 0 heterocycles. The van der Waals surface area contributed by atoms with E-state index in [1.165, 1.54) is 18.2 Å². The molecule has 1 aromatic rings. The maximum absolute atomic E-state index is 13.5. The number of halogens is 2. The second-order valence-corrected chi connectivity index (χ2v) is 4.11. The van der Waals surface area contributed by atoms with Crippen LogP contribution in [0.15, 0.2) is 18.2 Å². The molecule has 0 fully saturated rings. The molecule has 0 aromatic heterocycles. The zero-order valence-electron chi connectivity index (χ0n) is 9.35. The summed E-state index contributed by atoms with van der Waals surface area (Å²) in [5, 5.41) is 2.95. The van der Waals surface area contributed by atoms with Crippen molar-refractivity contribution in [1.29, 1.82) is 0 Å². The highest BCUT2D eigenvalue weighted by atomic mass is 19.1. The van der Waals surface area contributed by atoms with E-state index in [0.717, 1.165) is 0 Å². The molecule has 1 unspecified atom stereocenters. The van der Waals surface area contributed by atoms with E-state index in [9.17, 15) is 8.78 Å². The lowest BCUT2D eigenvalue weighted by atomic mass is 9.96. The number of benzene rings is 1. The van der Waals surface area contributed by atoms with Gasteiger partial charge < -0.3 is 5.32 Å². The number of nitrogens with one attached hydrogen (secondary N) is 1. The van der Waals surface area contributed by atoms with Crippen molar-refractivity contribution in [2.75, 3.05) is 7.05 Å². The van der Waals surface area contributed by atoms with Crippen LogP contribution in [0.2, 0.25) is 0 Å². The quantitative estimate of drug-likeness (QED) is 0.809. The van der Waals surface area contributed by atoms with Gasteiger partial charge in [-0.25, -0.2) is 8.78 Å². The van der Waals surface area contributed by atoms with Gasteiger partial charge in [0.1, 0.15) is 11.6 Å². The summed E-state index contributed by atoms with van der Waals surface area (Å²) in [6, 6.07) is 3.72. The fourth-order valence-electron chi connectivity index (χ4n) is 1.70. The smallest absolute Gasteiger partial charge is 0.130 e. The minimum Gasteiger partial charge on any atom is -0.313 e. The molecule has 0 amide bonds. The largest absolute Gasteiger partial charge is 0.313 e. The van der Waals surface area contributed by atoms with Crippen LogP contribution in [0, 0.1) is 17.6 Å². The Morgan fingerprint density at radius 3 is 2.13 bits per heavy atom. The Labute approximate surface area is 89.5 Å². The monoisotopic (exact) mass is 213 g/mol. The Morgan fingerprint density at radius 1 is 1.20 bits per heavy atom. The lowest BCUT2D eigenvalue weighted by Gasteiger charge is -2.19. The number of hydrogen-bond acceptors (Lipinski definition) is 1. The number of hydrogen-bond donors (Lipinski definition) is 1. The average Bonchev–Trinajstić information content (AvgIpc) is 2.15. The molecule has 3 heteroatoms. The molecule has 1 rings (SSSR count). The van der Waals surface area contributed by atoms with E-state index in [1.54, 1.807) is 7.05 Å². The highest BCUT2D eigenvalue weighted by Crippen LogP contribution is 2.25. The minimum atomic E-state index is -0.477. The molecule has 0 saturated heterocycles. The van der Waals surface area contributed by atoms with E-state index in [0.29, 0.717) is 12.3 Å². The van der Waals surface area contributed by atoms with Gasteiger partial charge in [0.15, 0.2) is 0 Å². The third-order valence-corrected chi connectivity index (χ3v) is 2.40. The molecule has 0 bridgehead atoms. The van der Waals surface area contributed by atoms with E-state index < -0.39 is 11.6 Å². The zero-order valence-corrected chi connectivity index (χ0v) is 9.35. The predicted octanol–water partition coefficient (Wildman–Crippen LogP) is 3.27. The predicted molar refractivity (Wildman–Crippen MR) is 57.6 cm³/mol. The molecule has 1 nitrogen and oxygen atoms in total. The van der Waals surface area contributed by atoms with E-state index in [-0.39, 0.29) is 11.6 Å². The van der Waals surface area contributed by atoms with E-state index in [2.05, 4.69) is 5.32 Å². The summed E-state index contributed by atoms with van der Waals surface area (Å²) in [7, 11) is 1.72. The number of rotatable bonds is 4. The van der Waals surface area contributed by atoms with Crippen molar-refractivity contribution in [2.24, 2.45) is 5.92 Å². The van der Waals surface area contributed by atoms with Crippen molar-refractivity contribution in [3.8, 4) is 0 Å². The molecule has 1 atom stereocenters. The molecule has 0 radical (unpaired) electrons. The molecule has 0 saturated carbocycles. The molecule has 1 N–H and O–H groups in total. The summed E-state index contributed by atoms with van der Waals surface area (Å²) in [6.07, 6.45) is 0.717. The van der Waals surface area contributed by atoms with Crippen molar-refractivity contribution in [3.63, 3.8) is 0 Å². The summed E-state index contributed by atoms with van der Waals surface area (Å²) in [4.78, 5) is 0. The second kappa shape index (κ2) is 5.21. The van der Waals surface area contributed by atoms with Crippen LogP contribution in [-0.4, -0.2) is 7.05 Å². The molecule has 0 aliphatic rings. The van der Waals surface area contributed by atoms with E-state index in [4.69, 9.17) is 0 Å². The second-order valence-electron chi connectivity index (χ2n) is 4.11. The molecule has 0 spiro atoms. The normalized spacial score (nSPS) is 13.2. The van der Waals surface area contributed by atoms with Crippen LogP contribution in [0.4, 0.5) is 8.78 Å². The van der Waals surface area contributed by atoms with Gasteiger partial charge in [-0.3, -0.25) is 0 Å². The molecule has 84 valence electrons. The van der Waals surface area contributed by atoms with Crippen LogP contribution in [0.3, 0.4) is 0 Å². The zero-order chi connectivity index (χ0) is 11.4. The van der Waals surface area contributed by atoms with Crippen LogP contribution in [0.1, 0.15) is 31.9 Å². The summed E-state index contributed by atoms with van der Waals surface area (Å²) in [6.45, 7) is 4.06. The van der Waals surface area contributed by atoms with Crippen molar-refractivity contribution in [1.82, 2.24) is 5.32 Å². The molecular formula is C12H17F2N. The van der Waals surface area contributed by atoms with Crippen molar-refractivity contribution < 1.29 is 8.78 Å². The Morgan fingerprint density at radius 2 is 1.73 bits per heavy atom. The van der Waals surface area contributed by atoms with Crippen LogP contribution < -0.4 is 5.32 Å². The summed E-state index contributed by atoms with van der Waals surface area (Å²) < 4.78 is 26.9. The molecule has 0 aliphatic carbocycles. The van der Waals surface area contributed by atoms with Crippen LogP contribution in [0.25, 0.3) is 0 Å². The van der Waals surface area contributed by atoms with Crippen molar-refractivity contribution in [3.05, 3.63) is 35.4 Å². The Balaban J connectivity index is 3.00. The van der Waals surface area contributed by atoms with Gasteiger partial charge >= 0.3 is 0 Å². The van der Waals surface area contributed by atoms with Crippen molar-refractivity contribution >= 4 is 0 Å². The molecule has 1 aromatic carbocycles. The fraction of sp³-hybridized carbons (Fsp3) is 0.500. The molecule has 15 heavy (non-hydrogen) atoms. The summed E-state index contributed by atoms with van der Waals surface area (Å²) in [5.74, 6) is -0.563. The Bertz CT molecular complexity index is 303. The van der Waals surface area contributed by atoms with Gasteiger partial charge in [0.05, 0.1) is 0 Å². The first kappa shape index (κ1) is 12.1. The maximum Gasteiger partial charge on any atom is 0.130 e. The van der Waals surface area contributed by atoms with Gasteiger partial charge in [0, 0.05) is 11.6 Å². The molecule has 0 aliphatic heterocycles.